The van der Waals surface area contributed by atoms with Gasteiger partial charge in [0.25, 0.3) is 5.91 Å². The van der Waals surface area contributed by atoms with E-state index in [1.807, 2.05) is 24.3 Å². The van der Waals surface area contributed by atoms with Gasteiger partial charge in [0.1, 0.15) is 0 Å². The molecule has 5 nitrogen and oxygen atoms in total. The van der Waals surface area contributed by atoms with E-state index in [1.165, 1.54) is 0 Å². The van der Waals surface area contributed by atoms with Crippen LogP contribution in [0.5, 0.6) is 0 Å². The number of amides is 2. The molecule has 0 aliphatic rings. The lowest BCUT2D eigenvalue weighted by Crippen LogP contribution is -2.26. The Balaban J connectivity index is 0.00000338. The van der Waals surface area contributed by atoms with Gasteiger partial charge in [0.15, 0.2) is 0 Å². The second kappa shape index (κ2) is 10.0. The number of carbonyl (C=O) groups is 2. The zero-order valence-electron chi connectivity index (χ0n) is 14.7. The van der Waals surface area contributed by atoms with E-state index in [0.29, 0.717) is 34.9 Å². The Hall–Kier alpha value is -2.24. The molecule has 7 heteroatoms. The van der Waals surface area contributed by atoms with Crippen LogP contribution in [0.4, 0.5) is 11.4 Å². The molecule has 0 atom stereocenters. The predicted molar refractivity (Wildman–Crippen MR) is 109 cm³/mol. The van der Waals surface area contributed by atoms with Gasteiger partial charge in [-0.25, -0.2) is 0 Å². The van der Waals surface area contributed by atoms with E-state index in [0.717, 1.165) is 5.56 Å². The summed E-state index contributed by atoms with van der Waals surface area (Å²) >= 11 is 6.12. The molecule has 0 aliphatic carbocycles. The third kappa shape index (κ3) is 6.24. The van der Waals surface area contributed by atoms with Crippen molar-refractivity contribution in [2.45, 2.75) is 20.3 Å². The molecular formula is C19H23Cl2N3O2. The fourth-order valence-electron chi connectivity index (χ4n) is 2.16. The average molecular weight is 396 g/mol. The van der Waals surface area contributed by atoms with Crippen molar-refractivity contribution in [1.29, 1.82) is 0 Å². The summed E-state index contributed by atoms with van der Waals surface area (Å²) in [7, 11) is 0. The van der Waals surface area contributed by atoms with Gasteiger partial charge in [-0.3, -0.25) is 9.59 Å². The van der Waals surface area contributed by atoms with Gasteiger partial charge in [-0.15, -0.1) is 12.4 Å². The first kappa shape index (κ1) is 21.8. The van der Waals surface area contributed by atoms with Crippen LogP contribution in [0.2, 0.25) is 5.02 Å². The summed E-state index contributed by atoms with van der Waals surface area (Å²) < 4.78 is 0. The van der Waals surface area contributed by atoms with Crippen LogP contribution in [0.1, 0.15) is 29.8 Å². The summed E-state index contributed by atoms with van der Waals surface area (Å²) in [6, 6.07) is 12.4. The largest absolute Gasteiger partial charge is 0.399 e. The average Bonchev–Trinajstić information content (AvgIpc) is 2.58. The molecule has 2 aromatic rings. The van der Waals surface area contributed by atoms with Crippen molar-refractivity contribution in [2.75, 3.05) is 17.6 Å². The summed E-state index contributed by atoms with van der Waals surface area (Å²) in [5, 5.41) is 5.94. The van der Waals surface area contributed by atoms with Crippen LogP contribution in [0.15, 0.2) is 42.5 Å². The van der Waals surface area contributed by atoms with Crippen LogP contribution in [0.25, 0.3) is 0 Å². The van der Waals surface area contributed by atoms with Crippen LogP contribution in [-0.2, 0) is 11.2 Å². The highest BCUT2D eigenvalue weighted by molar-refractivity contribution is 6.34. The molecule has 4 N–H and O–H groups in total. The van der Waals surface area contributed by atoms with E-state index in [1.54, 1.807) is 32.0 Å². The topological polar surface area (TPSA) is 84.2 Å². The first-order valence-electron chi connectivity index (χ1n) is 8.10. The minimum atomic E-state index is -0.277. The Morgan fingerprint density at radius 1 is 1.12 bits per heavy atom. The molecule has 0 aliphatic heterocycles. The molecule has 0 fully saturated rings. The molecule has 0 radical (unpaired) electrons. The highest BCUT2D eigenvalue weighted by Crippen LogP contribution is 2.21. The first-order chi connectivity index (χ1) is 11.9. The van der Waals surface area contributed by atoms with Crippen molar-refractivity contribution in [3.8, 4) is 0 Å². The number of hydrogen-bond acceptors (Lipinski definition) is 3. The Morgan fingerprint density at radius 3 is 2.38 bits per heavy atom. The Morgan fingerprint density at radius 2 is 1.77 bits per heavy atom. The van der Waals surface area contributed by atoms with Gasteiger partial charge in [0, 0.05) is 23.8 Å². The summed E-state index contributed by atoms with van der Waals surface area (Å²) in [6.07, 6.45) is 0.688. The number of anilines is 2. The molecule has 2 amide bonds. The smallest absolute Gasteiger partial charge is 0.252 e. The van der Waals surface area contributed by atoms with Gasteiger partial charge in [0.05, 0.1) is 10.6 Å². The van der Waals surface area contributed by atoms with Crippen molar-refractivity contribution in [3.63, 3.8) is 0 Å². The fourth-order valence-corrected chi connectivity index (χ4v) is 2.37. The van der Waals surface area contributed by atoms with E-state index in [4.69, 9.17) is 17.3 Å². The van der Waals surface area contributed by atoms with Crippen molar-refractivity contribution >= 4 is 47.2 Å². The van der Waals surface area contributed by atoms with Crippen molar-refractivity contribution in [2.24, 2.45) is 5.92 Å². The summed E-state index contributed by atoms with van der Waals surface area (Å²) in [6.45, 7) is 4.08. The number of hydrogen-bond donors (Lipinski definition) is 3. The van der Waals surface area contributed by atoms with Gasteiger partial charge in [-0.1, -0.05) is 37.6 Å². The third-order valence-electron chi connectivity index (χ3n) is 3.68. The molecule has 0 unspecified atom stereocenters. The first-order valence-corrected chi connectivity index (χ1v) is 8.47. The molecular weight excluding hydrogens is 373 g/mol. The van der Waals surface area contributed by atoms with Crippen LogP contribution >= 0.6 is 24.0 Å². The predicted octanol–water partition coefficient (Wildman–Crippen LogP) is 3.91. The van der Waals surface area contributed by atoms with Gasteiger partial charge in [-0.05, 0) is 42.3 Å². The molecule has 2 aromatic carbocycles. The number of halogens is 2. The van der Waals surface area contributed by atoms with Crippen LogP contribution < -0.4 is 16.4 Å². The summed E-state index contributed by atoms with van der Waals surface area (Å²) in [5.41, 5.74) is 8.32. The maximum Gasteiger partial charge on any atom is 0.252 e. The second-order valence-electron chi connectivity index (χ2n) is 6.09. The molecule has 26 heavy (non-hydrogen) atoms. The number of nitrogens with two attached hydrogens (primary N) is 1. The van der Waals surface area contributed by atoms with Crippen molar-refractivity contribution in [3.05, 3.63) is 58.6 Å². The molecule has 0 spiro atoms. The Bertz CT molecular complexity index is 762. The normalized spacial score (nSPS) is 10.2. The number of benzene rings is 2. The van der Waals surface area contributed by atoms with E-state index >= 15 is 0 Å². The second-order valence-corrected chi connectivity index (χ2v) is 6.49. The lowest BCUT2D eigenvalue weighted by molar-refractivity contribution is -0.118. The molecule has 2 rings (SSSR count). The van der Waals surface area contributed by atoms with Crippen molar-refractivity contribution < 1.29 is 9.59 Å². The van der Waals surface area contributed by atoms with Crippen LogP contribution in [0.3, 0.4) is 0 Å². The highest BCUT2D eigenvalue weighted by Gasteiger charge is 2.13. The maximum atomic E-state index is 12.4. The molecule has 0 saturated heterocycles. The molecule has 0 aromatic heterocycles. The molecule has 0 heterocycles. The third-order valence-corrected chi connectivity index (χ3v) is 4.01. The quantitative estimate of drug-likeness (QED) is 0.648. The minimum Gasteiger partial charge on any atom is -0.399 e. The van der Waals surface area contributed by atoms with Gasteiger partial charge < -0.3 is 16.4 Å². The van der Waals surface area contributed by atoms with Crippen LogP contribution in [0, 0.1) is 5.92 Å². The van der Waals surface area contributed by atoms with Gasteiger partial charge in [0.2, 0.25) is 5.91 Å². The standard InChI is InChI=1S/C19H22ClN3O2.ClH/c1-12(2)18(24)23-15-7-8-17(20)16(11-15)19(25)22-10-9-13-3-5-14(21)6-4-13;/h3-8,11-12H,9-10,21H2,1-2H3,(H,22,25)(H,23,24);1H. The van der Waals surface area contributed by atoms with E-state index in [9.17, 15) is 9.59 Å². The van der Waals surface area contributed by atoms with Gasteiger partial charge in [-0.2, -0.15) is 0 Å². The van der Waals surface area contributed by atoms with E-state index in [-0.39, 0.29) is 30.1 Å². The van der Waals surface area contributed by atoms with Gasteiger partial charge >= 0.3 is 0 Å². The Kier molecular flexibility index (Phi) is 8.42. The van der Waals surface area contributed by atoms with Crippen LogP contribution in [-0.4, -0.2) is 18.4 Å². The molecule has 140 valence electrons. The summed E-state index contributed by atoms with van der Waals surface area (Å²) in [4.78, 5) is 24.1. The summed E-state index contributed by atoms with van der Waals surface area (Å²) in [5.74, 6) is -0.536. The minimum absolute atomic E-state index is 0. The van der Waals surface area contributed by atoms with Crippen molar-refractivity contribution in [1.82, 2.24) is 5.32 Å². The fraction of sp³-hybridized carbons (Fsp3) is 0.263. The Labute approximate surface area is 164 Å². The SMILES string of the molecule is CC(C)C(=O)Nc1ccc(Cl)c(C(=O)NCCc2ccc(N)cc2)c1.Cl. The van der Waals surface area contributed by atoms with E-state index < -0.39 is 0 Å². The molecule has 0 saturated carbocycles. The zero-order chi connectivity index (χ0) is 18.4. The molecule has 0 bridgehead atoms. The number of nitrogens with one attached hydrogen (secondary N) is 2. The number of carbonyl (C=O) groups excluding carboxylic acids is 2. The maximum absolute atomic E-state index is 12.4. The highest BCUT2D eigenvalue weighted by atomic mass is 35.5. The lowest BCUT2D eigenvalue weighted by Gasteiger charge is -2.11. The monoisotopic (exact) mass is 395 g/mol. The number of nitrogen functional groups attached to an aromatic ring is 1. The number of rotatable bonds is 6. The lowest BCUT2D eigenvalue weighted by atomic mass is 10.1. The zero-order valence-corrected chi connectivity index (χ0v) is 16.3. The van der Waals surface area contributed by atoms with E-state index in [2.05, 4.69) is 10.6 Å².